The Bertz CT molecular complexity index is 1030. The minimum atomic E-state index is -1.01. The van der Waals surface area contributed by atoms with E-state index in [1.807, 2.05) is 0 Å². The van der Waals surface area contributed by atoms with Crippen molar-refractivity contribution in [1.29, 1.82) is 0 Å². The maximum absolute atomic E-state index is 14.4. The molecule has 3 amide bonds. The van der Waals surface area contributed by atoms with Crippen LogP contribution in [-0.4, -0.2) is 28.5 Å². The normalized spacial score (nSPS) is 10.7. The summed E-state index contributed by atoms with van der Waals surface area (Å²) in [7, 11) is 0. The minimum absolute atomic E-state index is 0.00307. The van der Waals surface area contributed by atoms with E-state index in [-0.39, 0.29) is 24.4 Å². The molecule has 8 nitrogen and oxygen atoms in total. The van der Waals surface area contributed by atoms with Gasteiger partial charge in [-0.05, 0) is 22.0 Å². The number of halogens is 3. The number of aromatic nitrogens is 2. The first-order valence-corrected chi connectivity index (χ1v) is 8.76. The quantitative estimate of drug-likeness (QED) is 0.456. The first-order chi connectivity index (χ1) is 13.3. The highest BCUT2D eigenvalue weighted by Gasteiger charge is 2.17. The van der Waals surface area contributed by atoms with Crippen LogP contribution in [0.5, 0.6) is 11.5 Å². The Morgan fingerprint density at radius 1 is 1.29 bits per heavy atom. The number of nitrogens with two attached hydrogens (primary N) is 1. The minimum Gasteiger partial charge on any atom is -0.450 e. The van der Waals surface area contributed by atoms with Gasteiger partial charge in [-0.2, -0.15) is 0 Å². The second kappa shape index (κ2) is 8.21. The number of hydrogen-bond acceptors (Lipinski definition) is 4. The molecule has 0 unspecified atom stereocenters. The Morgan fingerprint density at radius 3 is 2.68 bits per heavy atom. The first kappa shape index (κ1) is 19.5. The van der Waals surface area contributed by atoms with Crippen LogP contribution in [-0.2, 0) is 4.79 Å². The Balaban J connectivity index is 1.77. The molecule has 2 heterocycles. The van der Waals surface area contributed by atoms with Gasteiger partial charge in [0.05, 0.1) is 5.39 Å². The molecule has 28 heavy (non-hydrogen) atoms. The number of ether oxygens (including phenoxy) is 1. The van der Waals surface area contributed by atoms with E-state index >= 15 is 0 Å². The number of H-pyrrole nitrogens is 1. The van der Waals surface area contributed by atoms with E-state index in [0.717, 1.165) is 12.1 Å². The number of fused-ring (bicyclic) bond motifs is 1. The van der Waals surface area contributed by atoms with Crippen molar-refractivity contribution < 1.29 is 23.1 Å². The summed E-state index contributed by atoms with van der Waals surface area (Å²) in [5.74, 6) is -3.03. The summed E-state index contributed by atoms with van der Waals surface area (Å²) in [5.41, 5.74) is 5.31. The van der Waals surface area contributed by atoms with E-state index in [1.165, 1.54) is 12.3 Å². The zero-order chi connectivity index (χ0) is 20.3. The molecule has 0 radical (unpaired) electrons. The van der Waals surface area contributed by atoms with E-state index < -0.39 is 29.3 Å². The Labute approximate surface area is 165 Å². The van der Waals surface area contributed by atoms with E-state index in [9.17, 15) is 18.4 Å². The van der Waals surface area contributed by atoms with Crippen molar-refractivity contribution in [3.63, 3.8) is 0 Å². The van der Waals surface area contributed by atoms with Gasteiger partial charge < -0.3 is 26.1 Å². The second-order valence-corrected chi connectivity index (χ2v) is 6.49. The summed E-state index contributed by atoms with van der Waals surface area (Å²) in [6.07, 6.45) is 3.00. The van der Waals surface area contributed by atoms with Crippen LogP contribution in [0.2, 0.25) is 0 Å². The van der Waals surface area contributed by atoms with Crippen molar-refractivity contribution in [2.24, 2.45) is 5.73 Å². The maximum atomic E-state index is 14.4. The van der Waals surface area contributed by atoms with Gasteiger partial charge in [0.15, 0.2) is 17.4 Å². The first-order valence-electron chi connectivity index (χ1n) is 7.97. The van der Waals surface area contributed by atoms with Gasteiger partial charge in [0.2, 0.25) is 5.91 Å². The number of amides is 3. The predicted molar refractivity (Wildman–Crippen MR) is 101 cm³/mol. The fraction of sp³-hybridized carbons (Fsp3) is 0.118. The fourth-order valence-electron chi connectivity index (χ4n) is 2.39. The lowest BCUT2D eigenvalue weighted by Gasteiger charge is -2.12. The van der Waals surface area contributed by atoms with Crippen LogP contribution in [0.25, 0.3) is 11.0 Å². The van der Waals surface area contributed by atoms with Crippen molar-refractivity contribution in [2.75, 3.05) is 11.9 Å². The monoisotopic (exact) mass is 453 g/mol. The number of anilines is 1. The molecule has 11 heteroatoms. The third-order valence-corrected chi connectivity index (χ3v) is 4.24. The molecule has 0 spiro atoms. The molecule has 5 N–H and O–H groups in total. The van der Waals surface area contributed by atoms with E-state index in [2.05, 4.69) is 36.5 Å². The van der Waals surface area contributed by atoms with Gasteiger partial charge in [-0.3, -0.25) is 4.79 Å². The summed E-state index contributed by atoms with van der Waals surface area (Å²) in [6.45, 7) is -0.00307. The number of primary amides is 1. The third kappa shape index (κ3) is 4.36. The fourth-order valence-corrected chi connectivity index (χ4v) is 2.88. The van der Waals surface area contributed by atoms with Gasteiger partial charge in [-0.15, -0.1) is 0 Å². The molecule has 0 aliphatic rings. The summed E-state index contributed by atoms with van der Waals surface area (Å²) in [6, 6.07) is 2.56. The molecule has 146 valence electrons. The number of nitrogens with one attached hydrogen (secondary N) is 3. The van der Waals surface area contributed by atoms with E-state index in [4.69, 9.17) is 10.5 Å². The lowest BCUT2D eigenvalue weighted by molar-refractivity contribution is -0.117. The number of nitrogens with zero attached hydrogens (tertiary/aromatic N) is 1. The zero-order valence-corrected chi connectivity index (χ0v) is 15.8. The van der Waals surface area contributed by atoms with Gasteiger partial charge >= 0.3 is 6.03 Å². The van der Waals surface area contributed by atoms with Crippen LogP contribution < -0.4 is 21.1 Å². The van der Waals surface area contributed by atoms with Crippen molar-refractivity contribution in [2.45, 2.75) is 6.42 Å². The molecule has 0 aliphatic carbocycles. The van der Waals surface area contributed by atoms with Gasteiger partial charge in [-0.25, -0.2) is 18.6 Å². The highest BCUT2D eigenvalue weighted by atomic mass is 79.9. The van der Waals surface area contributed by atoms with Crippen molar-refractivity contribution in [1.82, 2.24) is 15.3 Å². The van der Waals surface area contributed by atoms with Crippen LogP contribution in [0.15, 0.2) is 35.1 Å². The smallest absolute Gasteiger partial charge is 0.319 e. The molecule has 0 bridgehead atoms. The molecule has 0 aliphatic heterocycles. The topological polar surface area (TPSA) is 122 Å². The molecule has 3 aromatic rings. The summed E-state index contributed by atoms with van der Waals surface area (Å²) in [4.78, 5) is 29.3. The van der Waals surface area contributed by atoms with E-state index in [0.29, 0.717) is 15.5 Å². The Kier molecular flexibility index (Phi) is 5.73. The van der Waals surface area contributed by atoms with Crippen LogP contribution in [0.1, 0.15) is 6.42 Å². The standard InChI is InChI=1S/C17H14BrF2N5O3/c18-9-7-24-16-14(9)12(1-3-22-16)28-15-10(19)5-8(6-11(15)20)25-17(27)23-4-2-13(21)26/h1,3,5-7H,2,4H2,(H2,21,26)(H,22,24)(H2,23,25,27). The van der Waals surface area contributed by atoms with Gasteiger partial charge in [-0.1, -0.05) is 0 Å². The second-order valence-electron chi connectivity index (χ2n) is 5.64. The number of rotatable bonds is 6. The Hall–Kier alpha value is -3.21. The number of urea groups is 1. The summed E-state index contributed by atoms with van der Waals surface area (Å²) in [5, 5.41) is 5.12. The average molecular weight is 454 g/mol. The third-order valence-electron chi connectivity index (χ3n) is 3.61. The molecule has 0 fully saturated rings. The van der Waals surface area contributed by atoms with Crippen LogP contribution in [0, 0.1) is 11.6 Å². The highest BCUT2D eigenvalue weighted by Crippen LogP contribution is 2.36. The predicted octanol–water partition coefficient (Wildman–Crippen LogP) is 3.39. The average Bonchev–Trinajstić information content (AvgIpc) is 3.00. The largest absolute Gasteiger partial charge is 0.450 e. The van der Waals surface area contributed by atoms with Crippen LogP contribution >= 0.6 is 15.9 Å². The molecule has 2 aromatic heterocycles. The van der Waals surface area contributed by atoms with Gasteiger partial charge in [0, 0.05) is 47.7 Å². The van der Waals surface area contributed by atoms with Crippen molar-refractivity contribution >= 4 is 44.6 Å². The number of hydrogen-bond donors (Lipinski definition) is 4. The number of carbonyl (C=O) groups excluding carboxylic acids is 2. The molecule has 0 saturated heterocycles. The lowest BCUT2D eigenvalue weighted by Crippen LogP contribution is -2.31. The SMILES string of the molecule is NC(=O)CCNC(=O)Nc1cc(F)c(Oc2ccnc3[nH]cc(Br)c23)c(F)c1. The summed E-state index contributed by atoms with van der Waals surface area (Å²) >= 11 is 3.31. The summed E-state index contributed by atoms with van der Waals surface area (Å²) < 4.78 is 34.8. The van der Waals surface area contributed by atoms with Gasteiger partial charge in [0.25, 0.3) is 0 Å². The highest BCUT2D eigenvalue weighted by molar-refractivity contribution is 9.10. The maximum Gasteiger partial charge on any atom is 0.319 e. The molecule has 1 aromatic carbocycles. The Morgan fingerprint density at radius 2 is 2.00 bits per heavy atom. The number of aromatic amines is 1. The van der Waals surface area contributed by atoms with Crippen molar-refractivity contribution in [3.05, 3.63) is 46.7 Å². The number of pyridine rings is 1. The zero-order valence-electron chi connectivity index (χ0n) is 14.2. The van der Waals surface area contributed by atoms with Gasteiger partial charge in [0.1, 0.15) is 11.4 Å². The number of carbonyl (C=O) groups is 2. The molecule has 0 atom stereocenters. The van der Waals surface area contributed by atoms with Crippen LogP contribution in [0.3, 0.4) is 0 Å². The van der Waals surface area contributed by atoms with Crippen molar-refractivity contribution in [3.8, 4) is 11.5 Å². The molecule has 0 saturated carbocycles. The van der Waals surface area contributed by atoms with E-state index in [1.54, 1.807) is 6.20 Å². The molecule has 3 rings (SSSR count). The molecular formula is C17H14BrF2N5O3. The molecular weight excluding hydrogens is 440 g/mol. The van der Waals surface area contributed by atoms with Crippen LogP contribution in [0.4, 0.5) is 19.3 Å². The lowest BCUT2D eigenvalue weighted by atomic mass is 10.2. The number of benzene rings is 1.